The van der Waals surface area contributed by atoms with Crippen molar-refractivity contribution in [2.75, 3.05) is 33.4 Å². The van der Waals surface area contributed by atoms with Gasteiger partial charge in [0.15, 0.2) is 11.3 Å². The smallest absolute Gasteiger partial charge is 0.356 e. The molecule has 4 aromatic rings. The summed E-state index contributed by atoms with van der Waals surface area (Å²) >= 11 is 0. The van der Waals surface area contributed by atoms with Gasteiger partial charge >= 0.3 is 5.97 Å². The number of amides is 1. The normalized spacial score (nSPS) is 13.9. The van der Waals surface area contributed by atoms with Crippen molar-refractivity contribution in [3.63, 3.8) is 0 Å². The van der Waals surface area contributed by atoms with Crippen LogP contribution in [0.1, 0.15) is 52.4 Å². The molecule has 9 nitrogen and oxygen atoms in total. The molecule has 41 heavy (non-hydrogen) atoms. The molecular weight excluding hydrogens is 518 g/mol. The number of esters is 1. The maximum absolute atomic E-state index is 12.2. The van der Waals surface area contributed by atoms with E-state index in [1.807, 2.05) is 6.92 Å². The number of morpholine rings is 1. The molecular formula is C32H37N5O4. The molecule has 1 amide bonds. The molecule has 0 unspecified atom stereocenters. The summed E-state index contributed by atoms with van der Waals surface area (Å²) in [6, 6.07) is 16.7. The highest BCUT2D eigenvalue weighted by Crippen LogP contribution is 2.28. The fraction of sp³-hybridized carbons (Fsp3) is 0.375. The third-order valence-corrected chi connectivity index (χ3v) is 7.50. The SMILES string of the molecule is CCc1nc2c(C)cc(C(=O)OC)nc2n1Cc1ccc(-c2cc(CN3CCOCC3)ccc2CNC(C)=O)cc1. The van der Waals surface area contributed by atoms with Crippen molar-refractivity contribution in [1.29, 1.82) is 0 Å². The molecule has 5 rings (SSSR count). The van der Waals surface area contributed by atoms with Gasteiger partial charge in [0.1, 0.15) is 11.3 Å². The maximum atomic E-state index is 12.2. The maximum Gasteiger partial charge on any atom is 0.356 e. The zero-order valence-corrected chi connectivity index (χ0v) is 24.2. The van der Waals surface area contributed by atoms with Crippen LogP contribution in [0.25, 0.3) is 22.3 Å². The Bertz CT molecular complexity index is 1550. The lowest BCUT2D eigenvalue weighted by Gasteiger charge is -2.27. The Kier molecular flexibility index (Phi) is 8.75. The molecule has 0 saturated carbocycles. The van der Waals surface area contributed by atoms with Crippen molar-refractivity contribution in [1.82, 2.24) is 24.8 Å². The molecule has 0 spiro atoms. The number of hydrogen-bond acceptors (Lipinski definition) is 7. The third kappa shape index (κ3) is 6.47. The summed E-state index contributed by atoms with van der Waals surface area (Å²) in [6.07, 6.45) is 0.740. The average Bonchev–Trinajstić information content (AvgIpc) is 3.34. The second-order valence-electron chi connectivity index (χ2n) is 10.4. The number of carbonyl (C=O) groups is 2. The molecule has 2 aromatic carbocycles. The van der Waals surface area contributed by atoms with Gasteiger partial charge in [0.05, 0.1) is 26.9 Å². The number of aromatic nitrogens is 3. The number of ether oxygens (including phenoxy) is 2. The number of fused-ring (bicyclic) bond motifs is 1. The first-order valence-corrected chi connectivity index (χ1v) is 14.1. The number of benzene rings is 2. The fourth-order valence-electron chi connectivity index (χ4n) is 5.29. The molecule has 1 N–H and O–H groups in total. The number of rotatable bonds is 9. The van der Waals surface area contributed by atoms with Gasteiger partial charge < -0.3 is 19.4 Å². The third-order valence-electron chi connectivity index (χ3n) is 7.50. The van der Waals surface area contributed by atoms with Gasteiger partial charge in [-0.2, -0.15) is 0 Å². The molecule has 3 heterocycles. The molecule has 9 heteroatoms. The molecule has 2 aromatic heterocycles. The van der Waals surface area contributed by atoms with E-state index in [4.69, 9.17) is 14.5 Å². The first-order chi connectivity index (χ1) is 19.9. The van der Waals surface area contributed by atoms with E-state index in [1.54, 1.807) is 6.07 Å². The first kappa shape index (κ1) is 28.4. The first-order valence-electron chi connectivity index (χ1n) is 14.1. The van der Waals surface area contributed by atoms with Crippen molar-refractivity contribution in [2.24, 2.45) is 0 Å². The molecule has 0 bridgehead atoms. The van der Waals surface area contributed by atoms with Crippen molar-refractivity contribution in [2.45, 2.75) is 46.8 Å². The number of aryl methyl sites for hydroxylation is 2. The van der Waals surface area contributed by atoms with Gasteiger partial charge in [0.25, 0.3) is 0 Å². The highest BCUT2D eigenvalue weighted by atomic mass is 16.5. The second-order valence-corrected chi connectivity index (χ2v) is 10.4. The number of hydrogen-bond donors (Lipinski definition) is 1. The Morgan fingerprint density at radius 2 is 1.73 bits per heavy atom. The predicted octanol–water partition coefficient (Wildman–Crippen LogP) is 4.27. The highest BCUT2D eigenvalue weighted by molar-refractivity contribution is 5.91. The van der Waals surface area contributed by atoms with Crippen molar-refractivity contribution in [3.8, 4) is 11.1 Å². The molecule has 214 valence electrons. The molecule has 0 atom stereocenters. The van der Waals surface area contributed by atoms with Crippen molar-refractivity contribution < 1.29 is 19.1 Å². The number of imidazole rings is 1. The Labute approximate surface area is 240 Å². The highest BCUT2D eigenvalue weighted by Gasteiger charge is 2.18. The lowest BCUT2D eigenvalue weighted by molar-refractivity contribution is -0.119. The van der Waals surface area contributed by atoms with Crippen molar-refractivity contribution in [3.05, 3.63) is 82.3 Å². The largest absolute Gasteiger partial charge is 0.464 e. The van der Waals surface area contributed by atoms with E-state index in [-0.39, 0.29) is 11.6 Å². The molecule has 0 aliphatic carbocycles. The molecule has 1 fully saturated rings. The fourth-order valence-corrected chi connectivity index (χ4v) is 5.29. The van der Waals surface area contributed by atoms with Crippen LogP contribution in [0.5, 0.6) is 0 Å². The minimum atomic E-state index is -0.462. The number of carbonyl (C=O) groups excluding carboxylic acids is 2. The summed E-state index contributed by atoms with van der Waals surface area (Å²) in [7, 11) is 1.36. The number of nitrogens with one attached hydrogen (secondary N) is 1. The van der Waals surface area contributed by atoms with Gasteiger partial charge in [-0.15, -0.1) is 0 Å². The zero-order valence-electron chi connectivity index (χ0n) is 24.2. The van der Waals surface area contributed by atoms with Gasteiger partial charge in [-0.3, -0.25) is 9.69 Å². The lowest BCUT2D eigenvalue weighted by atomic mass is 9.96. The van der Waals surface area contributed by atoms with Gasteiger partial charge in [-0.25, -0.2) is 14.8 Å². The van der Waals surface area contributed by atoms with E-state index in [9.17, 15) is 9.59 Å². The Morgan fingerprint density at radius 1 is 1.00 bits per heavy atom. The lowest BCUT2D eigenvalue weighted by Crippen LogP contribution is -2.35. The van der Waals surface area contributed by atoms with Gasteiger partial charge in [-0.1, -0.05) is 43.3 Å². The van der Waals surface area contributed by atoms with E-state index >= 15 is 0 Å². The van der Waals surface area contributed by atoms with Crippen LogP contribution in [-0.4, -0.2) is 64.7 Å². The molecule has 1 aliphatic rings. The standard InChI is InChI=1S/C32H37N5O4/c1-5-29-35-30-21(2)16-28(32(39)40-4)34-31(30)37(29)20-23-6-9-25(10-7-23)27-17-24(19-36-12-14-41-15-13-36)8-11-26(27)18-33-22(3)38/h6-11,16-17H,5,12-15,18-20H2,1-4H3,(H,33,38). The topological polar surface area (TPSA) is 98.6 Å². The molecule has 1 saturated heterocycles. The van der Waals surface area contributed by atoms with Crippen LogP contribution in [-0.2, 0) is 40.3 Å². The minimum absolute atomic E-state index is 0.0535. The average molecular weight is 556 g/mol. The van der Waals surface area contributed by atoms with E-state index in [0.717, 1.165) is 78.4 Å². The number of methoxy groups -OCH3 is 1. The van der Waals surface area contributed by atoms with E-state index in [2.05, 4.69) is 69.2 Å². The number of nitrogens with zero attached hydrogens (tertiary/aromatic N) is 4. The molecule has 1 aliphatic heterocycles. The second kappa shape index (κ2) is 12.6. The van der Waals surface area contributed by atoms with Crippen LogP contribution in [0.3, 0.4) is 0 Å². The predicted molar refractivity (Wildman–Crippen MR) is 158 cm³/mol. The van der Waals surface area contributed by atoms with Crippen LogP contribution in [0.15, 0.2) is 48.5 Å². The van der Waals surface area contributed by atoms with Crippen LogP contribution in [0.4, 0.5) is 0 Å². The van der Waals surface area contributed by atoms with E-state index < -0.39 is 5.97 Å². The summed E-state index contributed by atoms with van der Waals surface area (Å²) < 4.78 is 12.5. The van der Waals surface area contributed by atoms with Crippen LogP contribution >= 0.6 is 0 Å². The van der Waals surface area contributed by atoms with E-state index in [0.29, 0.717) is 18.7 Å². The van der Waals surface area contributed by atoms with Gasteiger partial charge in [-0.05, 0) is 52.4 Å². The summed E-state index contributed by atoms with van der Waals surface area (Å²) in [6.45, 7) is 10.8. The van der Waals surface area contributed by atoms with E-state index in [1.165, 1.54) is 19.6 Å². The summed E-state index contributed by atoms with van der Waals surface area (Å²) in [5, 5.41) is 2.95. The van der Waals surface area contributed by atoms with Gasteiger partial charge in [0, 0.05) is 39.5 Å². The Balaban J connectivity index is 1.45. The molecule has 0 radical (unpaired) electrons. The summed E-state index contributed by atoms with van der Waals surface area (Å²) in [5.41, 5.74) is 8.25. The Hall–Kier alpha value is -4.08. The number of pyridine rings is 1. The van der Waals surface area contributed by atoms with Crippen LogP contribution < -0.4 is 5.32 Å². The quantitative estimate of drug-likeness (QED) is 0.308. The summed E-state index contributed by atoms with van der Waals surface area (Å²) in [4.78, 5) is 35.7. The van der Waals surface area contributed by atoms with Crippen LogP contribution in [0, 0.1) is 6.92 Å². The van der Waals surface area contributed by atoms with Crippen molar-refractivity contribution >= 4 is 23.0 Å². The van der Waals surface area contributed by atoms with Gasteiger partial charge in [0.2, 0.25) is 5.91 Å². The summed E-state index contributed by atoms with van der Waals surface area (Å²) in [5.74, 6) is 0.397. The zero-order chi connectivity index (χ0) is 28.9. The Morgan fingerprint density at radius 3 is 2.41 bits per heavy atom. The minimum Gasteiger partial charge on any atom is -0.464 e. The monoisotopic (exact) mass is 555 g/mol. The van der Waals surface area contributed by atoms with Crippen LogP contribution in [0.2, 0.25) is 0 Å².